The van der Waals surface area contributed by atoms with Crippen molar-refractivity contribution in [3.63, 3.8) is 0 Å². The van der Waals surface area contributed by atoms with Gasteiger partial charge in [-0.25, -0.2) is 9.37 Å². The molecule has 6 nitrogen and oxygen atoms in total. The molecular weight excluding hydrogens is 377 g/mol. The van der Waals surface area contributed by atoms with Gasteiger partial charge in [0.1, 0.15) is 17.2 Å². The van der Waals surface area contributed by atoms with E-state index in [9.17, 15) is 14.0 Å². The van der Waals surface area contributed by atoms with Crippen molar-refractivity contribution in [2.75, 3.05) is 6.61 Å². The summed E-state index contributed by atoms with van der Waals surface area (Å²) in [5, 5.41) is 0.777. The van der Waals surface area contributed by atoms with E-state index in [-0.39, 0.29) is 13.2 Å². The zero-order chi connectivity index (χ0) is 18.8. The number of carbonyl (C=O) groups is 2. The summed E-state index contributed by atoms with van der Waals surface area (Å²) in [5.74, 6) is -1.28. The predicted octanol–water partition coefficient (Wildman–Crippen LogP) is 3.22. The molecule has 3 rings (SSSR count). The minimum atomic E-state index is -0.449. The first-order chi connectivity index (χ1) is 12.4. The number of rotatable bonds is 4. The van der Waals surface area contributed by atoms with Crippen LogP contribution in [0.15, 0.2) is 23.2 Å². The first-order valence-corrected chi connectivity index (χ1v) is 9.50. The van der Waals surface area contributed by atoms with Gasteiger partial charge >= 0.3 is 5.97 Å². The molecule has 0 unspecified atom stereocenters. The smallest absolute Gasteiger partial charge is 0.326 e. The van der Waals surface area contributed by atoms with Gasteiger partial charge in [-0.2, -0.15) is 4.99 Å². The molecule has 9 heteroatoms. The molecule has 1 aromatic carbocycles. The highest BCUT2D eigenvalue weighted by molar-refractivity contribution is 7.16. The molecule has 2 aromatic heterocycles. The second kappa shape index (κ2) is 7.46. The summed E-state index contributed by atoms with van der Waals surface area (Å²) >= 11 is 2.41. The van der Waals surface area contributed by atoms with Gasteiger partial charge in [0.25, 0.3) is 5.91 Å². The van der Waals surface area contributed by atoms with Crippen molar-refractivity contribution in [3.05, 3.63) is 44.4 Å². The largest absolute Gasteiger partial charge is 0.465 e. The fourth-order valence-electron chi connectivity index (χ4n) is 2.49. The number of amides is 1. The third-order valence-electron chi connectivity index (χ3n) is 3.53. The number of carbonyl (C=O) groups excluding carboxylic acids is 2. The lowest BCUT2D eigenvalue weighted by Gasteiger charge is -2.05. The van der Waals surface area contributed by atoms with E-state index in [4.69, 9.17) is 4.74 Å². The van der Waals surface area contributed by atoms with Crippen molar-refractivity contribution < 1.29 is 18.7 Å². The second-order valence-electron chi connectivity index (χ2n) is 5.45. The molecule has 0 radical (unpaired) electrons. The Morgan fingerprint density at radius 3 is 2.73 bits per heavy atom. The molecule has 0 bridgehead atoms. The maximum absolute atomic E-state index is 13.5. The van der Waals surface area contributed by atoms with E-state index in [1.807, 2.05) is 6.92 Å². The normalized spacial score (nSPS) is 11.9. The van der Waals surface area contributed by atoms with Crippen LogP contribution in [0.2, 0.25) is 0 Å². The molecule has 0 spiro atoms. The van der Waals surface area contributed by atoms with Crippen LogP contribution in [0.1, 0.15) is 27.3 Å². The van der Waals surface area contributed by atoms with Gasteiger partial charge in [-0.3, -0.25) is 9.59 Å². The summed E-state index contributed by atoms with van der Waals surface area (Å²) < 4.78 is 20.7. The molecule has 0 aliphatic heterocycles. The van der Waals surface area contributed by atoms with Gasteiger partial charge in [-0.05, 0) is 39.0 Å². The Kier molecular flexibility index (Phi) is 5.28. The van der Waals surface area contributed by atoms with Crippen molar-refractivity contribution in [1.82, 2.24) is 9.55 Å². The number of hydrogen-bond acceptors (Lipinski definition) is 6. The van der Waals surface area contributed by atoms with Crippen molar-refractivity contribution in [2.24, 2.45) is 4.99 Å². The van der Waals surface area contributed by atoms with Crippen LogP contribution in [0.4, 0.5) is 4.39 Å². The molecule has 2 heterocycles. The molecule has 0 aliphatic carbocycles. The Labute approximate surface area is 156 Å². The highest BCUT2D eigenvalue weighted by Gasteiger charge is 2.16. The van der Waals surface area contributed by atoms with E-state index in [1.165, 1.54) is 23.5 Å². The van der Waals surface area contributed by atoms with Gasteiger partial charge in [0.15, 0.2) is 4.80 Å². The van der Waals surface area contributed by atoms with Crippen molar-refractivity contribution >= 4 is 44.8 Å². The van der Waals surface area contributed by atoms with Crippen LogP contribution in [0, 0.1) is 19.7 Å². The number of nitrogens with zero attached hydrogens (tertiary/aromatic N) is 3. The minimum absolute atomic E-state index is 0.105. The standard InChI is InChI=1S/C17H16FN3O3S2/c1-4-24-14(22)8-21-12-6-5-11(18)7-13(12)26-17(21)20-16(23)15-9(2)19-10(3)25-15/h5-7H,4,8H2,1-3H3. The average molecular weight is 393 g/mol. The zero-order valence-electron chi connectivity index (χ0n) is 14.4. The first kappa shape index (κ1) is 18.4. The predicted molar refractivity (Wildman–Crippen MR) is 97.9 cm³/mol. The van der Waals surface area contributed by atoms with Gasteiger partial charge in [-0.1, -0.05) is 11.3 Å². The summed E-state index contributed by atoms with van der Waals surface area (Å²) in [6.07, 6.45) is 0. The Morgan fingerprint density at radius 2 is 2.08 bits per heavy atom. The van der Waals surface area contributed by atoms with E-state index >= 15 is 0 Å². The van der Waals surface area contributed by atoms with Crippen LogP contribution in [0.5, 0.6) is 0 Å². The number of fused-ring (bicyclic) bond motifs is 1. The number of benzene rings is 1. The number of esters is 1. The van der Waals surface area contributed by atoms with Crippen LogP contribution in [-0.4, -0.2) is 28.0 Å². The lowest BCUT2D eigenvalue weighted by atomic mass is 10.3. The van der Waals surface area contributed by atoms with Gasteiger partial charge in [0.2, 0.25) is 0 Å². The number of halogens is 1. The van der Waals surface area contributed by atoms with Crippen LogP contribution in [0.3, 0.4) is 0 Å². The molecule has 0 N–H and O–H groups in total. The Bertz CT molecular complexity index is 1070. The minimum Gasteiger partial charge on any atom is -0.465 e. The number of aromatic nitrogens is 2. The highest BCUT2D eigenvalue weighted by atomic mass is 32.1. The third-order valence-corrected chi connectivity index (χ3v) is 5.63. The van der Waals surface area contributed by atoms with Crippen LogP contribution >= 0.6 is 22.7 Å². The second-order valence-corrected chi connectivity index (χ2v) is 7.66. The summed E-state index contributed by atoms with van der Waals surface area (Å²) in [6.45, 7) is 5.43. The lowest BCUT2D eigenvalue weighted by molar-refractivity contribution is -0.143. The quantitative estimate of drug-likeness (QED) is 0.638. The average Bonchev–Trinajstić information content (AvgIpc) is 3.07. The van der Waals surface area contributed by atoms with E-state index in [0.717, 1.165) is 16.3 Å². The fraction of sp³-hybridized carbons (Fsp3) is 0.294. The van der Waals surface area contributed by atoms with Crippen molar-refractivity contribution in [3.8, 4) is 0 Å². The third kappa shape index (κ3) is 3.73. The van der Waals surface area contributed by atoms with E-state index in [0.29, 0.717) is 25.6 Å². The summed E-state index contributed by atoms with van der Waals surface area (Å²) in [6, 6.07) is 4.22. The molecule has 0 saturated heterocycles. The first-order valence-electron chi connectivity index (χ1n) is 7.86. The van der Waals surface area contributed by atoms with Gasteiger partial charge in [0, 0.05) is 0 Å². The van der Waals surface area contributed by atoms with Gasteiger partial charge in [-0.15, -0.1) is 11.3 Å². The molecular formula is C17H16FN3O3S2. The number of aryl methyl sites for hydroxylation is 2. The van der Waals surface area contributed by atoms with Gasteiger partial charge < -0.3 is 9.30 Å². The van der Waals surface area contributed by atoms with E-state index < -0.39 is 17.7 Å². The molecule has 0 aliphatic rings. The van der Waals surface area contributed by atoms with Crippen LogP contribution in [0.25, 0.3) is 10.2 Å². The maximum Gasteiger partial charge on any atom is 0.326 e. The highest BCUT2D eigenvalue weighted by Crippen LogP contribution is 2.20. The van der Waals surface area contributed by atoms with E-state index in [1.54, 1.807) is 24.5 Å². The van der Waals surface area contributed by atoms with Crippen LogP contribution < -0.4 is 4.80 Å². The monoisotopic (exact) mass is 393 g/mol. The molecule has 0 fully saturated rings. The topological polar surface area (TPSA) is 73.6 Å². The van der Waals surface area contributed by atoms with E-state index in [2.05, 4.69) is 9.98 Å². The Balaban J connectivity index is 2.12. The molecule has 0 saturated carbocycles. The molecule has 0 atom stereocenters. The Hall–Kier alpha value is -2.39. The number of hydrogen-bond donors (Lipinski definition) is 0. The fourth-order valence-corrected chi connectivity index (χ4v) is 4.35. The molecule has 26 heavy (non-hydrogen) atoms. The molecule has 1 amide bonds. The maximum atomic E-state index is 13.5. The molecule has 136 valence electrons. The van der Waals surface area contributed by atoms with Crippen LogP contribution in [-0.2, 0) is 16.1 Å². The lowest BCUT2D eigenvalue weighted by Crippen LogP contribution is -2.23. The van der Waals surface area contributed by atoms with Crippen molar-refractivity contribution in [2.45, 2.75) is 27.3 Å². The number of thiazole rings is 2. The SMILES string of the molecule is CCOC(=O)Cn1c(=NC(=O)c2sc(C)nc2C)sc2cc(F)ccc21. The summed E-state index contributed by atoms with van der Waals surface area (Å²) in [7, 11) is 0. The summed E-state index contributed by atoms with van der Waals surface area (Å²) in [5.41, 5.74) is 1.23. The number of ether oxygens (including phenoxy) is 1. The molecule has 3 aromatic rings. The van der Waals surface area contributed by atoms with Crippen molar-refractivity contribution in [1.29, 1.82) is 0 Å². The summed E-state index contributed by atoms with van der Waals surface area (Å²) in [4.78, 5) is 33.7. The Morgan fingerprint density at radius 1 is 1.31 bits per heavy atom. The zero-order valence-corrected chi connectivity index (χ0v) is 16.0. The van der Waals surface area contributed by atoms with Gasteiger partial charge in [0.05, 0.1) is 27.5 Å².